The highest BCUT2D eigenvalue weighted by Crippen LogP contribution is 2.24. The number of nitro groups is 1. The molecule has 14 heavy (non-hydrogen) atoms. The van der Waals surface area contributed by atoms with Gasteiger partial charge in [-0.05, 0) is 18.7 Å². The van der Waals surface area contributed by atoms with Gasteiger partial charge in [-0.1, -0.05) is 24.3 Å². The molecular formula is C9H12N2O2S. The Morgan fingerprint density at radius 2 is 2.43 bits per heavy atom. The van der Waals surface area contributed by atoms with Crippen molar-refractivity contribution >= 4 is 22.4 Å². The first-order chi connectivity index (χ1) is 6.74. The number of nitrogens with one attached hydrogen (secondary N) is 1. The molecule has 1 heterocycles. The number of likely N-dealkylation sites (N-methyl/N-ethyl adjacent to an activating group) is 1. The lowest BCUT2D eigenvalue weighted by molar-refractivity contribution is -0.380. The molecule has 0 saturated heterocycles. The van der Waals surface area contributed by atoms with E-state index in [4.69, 9.17) is 0 Å². The molecule has 0 unspecified atom stereocenters. The summed E-state index contributed by atoms with van der Waals surface area (Å²) in [4.78, 5) is 10.9. The molecule has 0 aliphatic heterocycles. The Morgan fingerprint density at radius 3 is 3.00 bits per heavy atom. The van der Waals surface area contributed by atoms with Gasteiger partial charge in [0.25, 0.3) is 0 Å². The van der Waals surface area contributed by atoms with Crippen LogP contribution >= 0.6 is 11.3 Å². The fraction of sp³-hybridized carbons (Fsp3) is 0.333. The second-order valence-electron chi connectivity index (χ2n) is 2.64. The molecule has 0 fully saturated rings. The Balaban J connectivity index is 2.51. The monoisotopic (exact) mass is 212 g/mol. The molecule has 76 valence electrons. The van der Waals surface area contributed by atoms with Crippen molar-refractivity contribution in [2.24, 2.45) is 0 Å². The lowest BCUT2D eigenvalue weighted by atomic mass is 10.4. The van der Waals surface area contributed by atoms with E-state index in [9.17, 15) is 10.1 Å². The second kappa shape index (κ2) is 5.51. The molecule has 0 radical (unpaired) electrons. The van der Waals surface area contributed by atoms with Crippen molar-refractivity contribution in [3.63, 3.8) is 0 Å². The highest BCUT2D eigenvalue weighted by Gasteiger charge is 2.06. The summed E-state index contributed by atoms with van der Waals surface area (Å²) in [6.07, 6.45) is 3.85. The number of nitrogens with zero attached hydrogens (tertiary/aromatic N) is 1. The van der Waals surface area contributed by atoms with Gasteiger partial charge in [0.15, 0.2) is 0 Å². The van der Waals surface area contributed by atoms with E-state index in [1.807, 2.05) is 19.1 Å². The van der Waals surface area contributed by atoms with Crippen LogP contribution in [0.2, 0.25) is 0 Å². The Kier molecular flexibility index (Phi) is 4.28. The average Bonchev–Trinajstić information content (AvgIpc) is 2.61. The zero-order chi connectivity index (χ0) is 10.4. The van der Waals surface area contributed by atoms with Crippen LogP contribution in [0.3, 0.4) is 0 Å². The quantitative estimate of drug-likeness (QED) is 0.463. The van der Waals surface area contributed by atoms with Crippen LogP contribution in [-0.4, -0.2) is 18.0 Å². The normalized spacial score (nSPS) is 10.9. The predicted molar refractivity (Wildman–Crippen MR) is 58.6 cm³/mol. The fourth-order valence-electron chi connectivity index (χ4n) is 0.933. The van der Waals surface area contributed by atoms with E-state index in [1.54, 1.807) is 6.07 Å². The molecule has 0 bridgehead atoms. The van der Waals surface area contributed by atoms with E-state index in [0.717, 1.165) is 18.0 Å². The number of rotatable bonds is 5. The first kappa shape index (κ1) is 10.9. The van der Waals surface area contributed by atoms with Gasteiger partial charge in [-0.3, -0.25) is 10.1 Å². The fourth-order valence-corrected chi connectivity index (χ4v) is 1.69. The van der Waals surface area contributed by atoms with Crippen LogP contribution in [0.25, 0.3) is 6.08 Å². The third kappa shape index (κ3) is 3.27. The van der Waals surface area contributed by atoms with Crippen molar-refractivity contribution in [3.8, 4) is 0 Å². The Morgan fingerprint density at radius 1 is 1.64 bits per heavy atom. The maximum atomic E-state index is 10.4. The van der Waals surface area contributed by atoms with Crippen LogP contribution in [0.15, 0.2) is 18.2 Å². The molecule has 0 atom stereocenters. The van der Waals surface area contributed by atoms with E-state index < -0.39 is 0 Å². The van der Waals surface area contributed by atoms with Crippen LogP contribution in [0.4, 0.5) is 5.00 Å². The molecule has 0 aliphatic rings. The Bertz CT molecular complexity index is 333. The van der Waals surface area contributed by atoms with E-state index in [-0.39, 0.29) is 9.92 Å². The highest BCUT2D eigenvalue weighted by molar-refractivity contribution is 7.16. The smallest absolute Gasteiger partial charge is 0.314 e. The summed E-state index contributed by atoms with van der Waals surface area (Å²) in [6.45, 7) is 3.75. The molecule has 1 N–H and O–H groups in total. The van der Waals surface area contributed by atoms with Gasteiger partial charge in [0.05, 0.1) is 4.92 Å². The van der Waals surface area contributed by atoms with E-state index >= 15 is 0 Å². The van der Waals surface area contributed by atoms with Crippen molar-refractivity contribution in [1.29, 1.82) is 0 Å². The van der Waals surface area contributed by atoms with Gasteiger partial charge < -0.3 is 5.32 Å². The van der Waals surface area contributed by atoms with Crippen molar-refractivity contribution < 1.29 is 4.92 Å². The lowest BCUT2D eigenvalue weighted by Crippen LogP contribution is -2.11. The van der Waals surface area contributed by atoms with E-state index in [1.165, 1.54) is 17.4 Å². The van der Waals surface area contributed by atoms with Crippen LogP contribution in [0.5, 0.6) is 0 Å². The maximum absolute atomic E-state index is 10.4. The summed E-state index contributed by atoms with van der Waals surface area (Å²) in [6, 6.07) is 3.28. The predicted octanol–water partition coefficient (Wildman–Crippen LogP) is 2.28. The number of thiophene rings is 1. The zero-order valence-electron chi connectivity index (χ0n) is 7.90. The molecular weight excluding hydrogens is 200 g/mol. The summed E-state index contributed by atoms with van der Waals surface area (Å²) in [7, 11) is 0. The molecule has 0 spiro atoms. The first-order valence-corrected chi connectivity index (χ1v) is 5.17. The van der Waals surface area contributed by atoms with Crippen molar-refractivity contribution in [2.45, 2.75) is 6.92 Å². The third-order valence-electron chi connectivity index (χ3n) is 1.59. The molecule has 1 aromatic rings. The van der Waals surface area contributed by atoms with Crippen molar-refractivity contribution in [2.75, 3.05) is 13.1 Å². The van der Waals surface area contributed by atoms with Gasteiger partial charge in [0, 0.05) is 17.5 Å². The number of hydrogen-bond acceptors (Lipinski definition) is 4. The van der Waals surface area contributed by atoms with Gasteiger partial charge in [-0.15, -0.1) is 0 Å². The van der Waals surface area contributed by atoms with Crippen molar-refractivity contribution in [3.05, 3.63) is 33.2 Å². The topological polar surface area (TPSA) is 55.2 Å². The molecule has 4 nitrogen and oxygen atoms in total. The van der Waals surface area contributed by atoms with Gasteiger partial charge in [-0.25, -0.2) is 0 Å². The summed E-state index contributed by atoms with van der Waals surface area (Å²) in [5.41, 5.74) is 0. The van der Waals surface area contributed by atoms with E-state index in [2.05, 4.69) is 5.32 Å². The SMILES string of the molecule is CCNC/C=C/c1ccc([N+](=O)[O-])s1. The standard InChI is InChI=1S/C9H12N2O2S/c1-2-10-7-3-4-8-5-6-9(14-8)11(12)13/h3-6,10H,2,7H2,1H3/b4-3+. The van der Waals surface area contributed by atoms with Gasteiger partial charge in [0.2, 0.25) is 0 Å². The molecule has 0 saturated carbocycles. The minimum absolute atomic E-state index is 0.188. The highest BCUT2D eigenvalue weighted by atomic mass is 32.1. The van der Waals surface area contributed by atoms with Gasteiger partial charge in [0.1, 0.15) is 0 Å². The summed E-state index contributed by atoms with van der Waals surface area (Å²) in [5, 5.41) is 13.7. The lowest BCUT2D eigenvalue weighted by Gasteiger charge is -1.91. The Hall–Kier alpha value is -1.20. The third-order valence-corrected chi connectivity index (χ3v) is 2.59. The summed E-state index contributed by atoms with van der Waals surface area (Å²) >= 11 is 1.19. The van der Waals surface area contributed by atoms with Gasteiger partial charge >= 0.3 is 5.00 Å². The first-order valence-electron chi connectivity index (χ1n) is 4.35. The zero-order valence-corrected chi connectivity index (χ0v) is 8.71. The van der Waals surface area contributed by atoms with Crippen molar-refractivity contribution in [1.82, 2.24) is 5.32 Å². The molecule has 0 aromatic carbocycles. The molecule has 5 heteroatoms. The van der Waals surface area contributed by atoms with E-state index in [0.29, 0.717) is 0 Å². The maximum Gasteiger partial charge on any atom is 0.324 e. The molecule has 1 rings (SSSR count). The van der Waals surface area contributed by atoms with Crippen LogP contribution < -0.4 is 5.32 Å². The summed E-state index contributed by atoms with van der Waals surface area (Å²) in [5.74, 6) is 0. The van der Waals surface area contributed by atoms with Crippen LogP contribution in [0.1, 0.15) is 11.8 Å². The second-order valence-corrected chi connectivity index (χ2v) is 3.74. The van der Waals surface area contributed by atoms with Crippen LogP contribution in [-0.2, 0) is 0 Å². The minimum Gasteiger partial charge on any atom is -0.314 e. The summed E-state index contributed by atoms with van der Waals surface area (Å²) < 4.78 is 0. The minimum atomic E-state index is -0.369. The molecule has 0 amide bonds. The van der Waals surface area contributed by atoms with Gasteiger partial charge in [-0.2, -0.15) is 0 Å². The van der Waals surface area contributed by atoms with Crippen LogP contribution in [0, 0.1) is 10.1 Å². The molecule has 1 aromatic heterocycles. The molecule has 0 aliphatic carbocycles. The average molecular weight is 212 g/mol. The Labute approximate surface area is 86.4 Å². The largest absolute Gasteiger partial charge is 0.324 e. The number of hydrogen-bond donors (Lipinski definition) is 1.